The summed E-state index contributed by atoms with van der Waals surface area (Å²) in [6.07, 6.45) is 14.6. The lowest BCUT2D eigenvalue weighted by Crippen LogP contribution is -2.25. The molecule has 0 aliphatic heterocycles. The molecule has 0 aromatic heterocycles. The standard InChI is InChI=1S/C13H27N3.C2H4O2/c14-13(15)16-12-10-8-6-4-2-1-3-5-7-9-11-12;1-2(3)4/h12H,1-11H2,(H4,14,15,16);1H3,(H,3,4). The fraction of sp³-hybridized carbons (Fsp3) is 0.867. The third-order valence-corrected chi connectivity index (χ3v) is 3.41. The van der Waals surface area contributed by atoms with Crippen molar-refractivity contribution in [2.24, 2.45) is 16.5 Å². The molecule has 0 saturated heterocycles. The molecule has 20 heavy (non-hydrogen) atoms. The second kappa shape index (κ2) is 12.8. The van der Waals surface area contributed by atoms with E-state index in [1.165, 1.54) is 57.8 Å². The molecule has 0 radical (unpaired) electrons. The minimum atomic E-state index is -0.833. The monoisotopic (exact) mass is 285 g/mol. The van der Waals surface area contributed by atoms with Crippen LogP contribution in [0.3, 0.4) is 0 Å². The number of hydrogen-bond acceptors (Lipinski definition) is 2. The zero-order valence-corrected chi connectivity index (χ0v) is 12.8. The van der Waals surface area contributed by atoms with Crippen molar-refractivity contribution < 1.29 is 9.90 Å². The summed E-state index contributed by atoms with van der Waals surface area (Å²) in [5.74, 6) is -0.572. The van der Waals surface area contributed by atoms with E-state index < -0.39 is 5.97 Å². The van der Waals surface area contributed by atoms with Gasteiger partial charge in [0, 0.05) is 6.92 Å². The molecule has 1 aliphatic carbocycles. The fourth-order valence-corrected chi connectivity index (χ4v) is 2.48. The van der Waals surface area contributed by atoms with Gasteiger partial charge in [0.25, 0.3) is 5.97 Å². The summed E-state index contributed by atoms with van der Waals surface area (Å²) in [6, 6.07) is 0.379. The largest absolute Gasteiger partial charge is 0.481 e. The highest BCUT2D eigenvalue weighted by Crippen LogP contribution is 2.18. The van der Waals surface area contributed by atoms with Gasteiger partial charge in [-0.3, -0.25) is 9.79 Å². The van der Waals surface area contributed by atoms with Crippen LogP contribution >= 0.6 is 0 Å². The normalized spacial score (nSPS) is 18.6. The van der Waals surface area contributed by atoms with Crippen LogP contribution in [0.4, 0.5) is 0 Å². The Labute approximate surface area is 122 Å². The smallest absolute Gasteiger partial charge is 0.300 e. The van der Waals surface area contributed by atoms with E-state index in [1.54, 1.807) is 0 Å². The summed E-state index contributed by atoms with van der Waals surface area (Å²) in [5, 5.41) is 7.42. The van der Waals surface area contributed by atoms with Crippen molar-refractivity contribution >= 4 is 11.9 Å². The van der Waals surface area contributed by atoms with E-state index >= 15 is 0 Å². The van der Waals surface area contributed by atoms with Crippen molar-refractivity contribution in [2.75, 3.05) is 0 Å². The van der Waals surface area contributed by atoms with Gasteiger partial charge >= 0.3 is 0 Å². The van der Waals surface area contributed by atoms with Crippen LogP contribution in [0.2, 0.25) is 0 Å². The van der Waals surface area contributed by atoms with Gasteiger partial charge in [0.15, 0.2) is 5.96 Å². The van der Waals surface area contributed by atoms with Crippen LogP contribution in [0.1, 0.15) is 77.6 Å². The highest BCUT2D eigenvalue weighted by Gasteiger charge is 2.07. The zero-order valence-electron chi connectivity index (χ0n) is 12.8. The summed E-state index contributed by atoms with van der Waals surface area (Å²) in [5.41, 5.74) is 10.9. The predicted molar refractivity (Wildman–Crippen MR) is 83.7 cm³/mol. The maximum atomic E-state index is 9.00. The molecular weight excluding hydrogens is 254 g/mol. The first-order chi connectivity index (χ1) is 9.52. The van der Waals surface area contributed by atoms with E-state index in [4.69, 9.17) is 21.4 Å². The van der Waals surface area contributed by atoms with Gasteiger partial charge in [-0.2, -0.15) is 0 Å². The molecule has 5 heteroatoms. The maximum absolute atomic E-state index is 9.00. The Balaban J connectivity index is 0.000000796. The van der Waals surface area contributed by atoms with Crippen LogP contribution < -0.4 is 11.5 Å². The highest BCUT2D eigenvalue weighted by atomic mass is 16.4. The second-order valence-corrected chi connectivity index (χ2v) is 5.49. The maximum Gasteiger partial charge on any atom is 0.300 e. The number of carboxylic acid groups (broad SMARTS) is 1. The van der Waals surface area contributed by atoms with Crippen molar-refractivity contribution in [3.63, 3.8) is 0 Å². The summed E-state index contributed by atoms with van der Waals surface area (Å²) >= 11 is 0. The first kappa shape index (κ1) is 18.7. The van der Waals surface area contributed by atoms with E-state index in [2.05, 4.69) is 4.99 Å². The van der Waals surface area contributed by atoms with Crippen molar-refractivity contribution in [1.82, 2.24) is 0 Å². The summed E-state index contributed by atoms with van der Waals surface area (Å²) < 4.78 is 0. The average Bonchev–Trinajstić information content (AvgIpc) is 2.31. The van der Waals surface area contributed by atoms with E-state index in [9.17, 15) is 0 Å². The summed E-state index contributed by atoms with van der Waals surface area (Å²) in [6.45, 7) is 1.08. The number of carboxylic acids is 1. The summed E-state index contributed by atoms with van der Waals surface area (Å²) in [4.78, 5) is 13.3. The fourth-order valence-electron chi connectivity index (χ4n) is 2.48. The van der Waals surface area contributed by atoms with Crippen molar-refractivity contribution in [1.29, 1.82) is 0 Å². The Bertz CT molecular complexity index is 260. The van der Waals surface area contributed by atoms with Gasteiger partial charge in [-0.25, -0.2) is 0 Å². The molecule has 1 aliphatic rings. The number of carbonyl (C=O) groups is 1. The van der Waals surface area contributed by atoms with Gasteiger partial charge in [-0.1, -0.05) is 57.8 Å². The quantitative estimate of drug-likeness (QED) is 0.509. The molecule has 1 saturated carbocycles. The zero-order chi connectivity index (χ0) is 15.2. The average molecular weight is 285 g/mol. The Morgan fingerprint density at radius 1 is 0.900 bits per heavy atom. The van der Waals surface area contributed by atoms with Crippen LogP contribution in [-0.2, 0) is 4.79 Å². The van der Waals surface area contributed by atoms with Crippen molar-refractivity contribution in [2.45, 2.75) is 83.6 Å². The molecule has 0 bridgehead atoms. The molecule has 0 amide bonds. The van der Waals surface area contributed by atoms with Crippen LogP contribution in [0.15, 0.2) is 4.99 Å². The number of nitrogens with two attached hydrogens (primary N) is 2. The molecule has 0 atom stereocenters. The third kappa shape index (κ3) is 14.8. The Morgan fingerprint density at radius 2 is 1.20 bits per heavy atom. The van der Waals surface area contributed by atoms with Gasteiger partial charge in [0.2, 0.25) is 0 Å². The molecule has 118 valence electrons. The second-order valence-electron chi connectivity index (χ2n) is 5.49. The number of guanidine groups is 1. The number of aliphatic carboxylic acids is 1. The molecule has 1 fully saturated rings. The predicted octanol–water partition coefficient (Wildman–Crippen LogP) is 3.02. The van der Waals surface area contributed by atoms with Gasteiger partial charge in [0.05, 0.1) is 6.04 Å². The number of rotatable bonds is 1. The van der Waals surface area contributed by atoms with Crippen molar-refractivity contribution in [3.8, 4) is 0 Å². The molecule has 0 heterocycles. The Morgan fingerprint density at radius 3 is 1.50 bits per heavy atom. The minimum Gasteiger partial charge on any atom is -0.481 e. The van der Waals surface area contributed by atoms with Crippen LogP contribution in [0.5, 0.6) is 0 Å². The number of hydrogen-bond donors (Lipinski definition) is 3. The topological polar surface area (TPSA) is 102 Å². The molecule has 0 aromatic carbocycles. The Hall–Kier alpha value is -1.26. The lowest BCUT2D eigenvalue weighted by atomic mass is 9.98. The third-order valence-electron chi connectivity index (χ3n) is 3.41. The van der Waals surface area contributed by atoms with E-state index in [0.29, 0.717) is 6.04 Å². The SMILES string of the molecule is CC(=O)O.NC(N)=NC1CCCCCCCCCCC1. The minimum absolute atomic E-state index is 0.261. The van der Waals surface area contributed by atoms with Gasteiger partial charge in [-0.05, 0) is 12.8 Å². The van der Waals surface area contributed by atoms with E-state index in [1.807, 2.05) is 0 Å². The van der Waals surface area contributed by atoms with Crippen LogP contribution in [0.25, 0.3) is 0 Å². The first-order valence-corrected chi connectivity index (χ1v) is 7.80. The molecule has 0 unspecified atom stereocenters. The van der Waals surface area contributed by atoms with E-state index in [-0.39, 0.29) is 5.96 Å². The molecule has 0 aromatic rings. The summed E-state index contributed by atoms with van der Waals surface area (Å²) in [7, 11) is 0. The first-order valence-electron chi connectivity index (χ1n) is 7.80. The van der Waals surface area contributed by atoms with Crippen LogP contribution in [-0.4, -0.2) is 23.1 Å². The van der Waals surface area contributed by atoms with Gasteiger partial charge < -0.3 is 16.6 Å². The lowest BCUT2D eigenvalue weighted by Gasteiger charge is -2.14. The van der Waals surface area contributed by atoms with E-state index in [0.717, 1.165) is 19.8 Å². The van der Waals surface area contributed by atoms with Crippen molar-refractivity contribution in [3.05, 3.63) is 0 Å². The van der Waals surface area contributed by atoms with Crippen LogP contribution in [0, 0.1) is 0 Å². The molecular formula is C15H31N3O2. The van der Waals surface area contributed by atoms with Gasteiger partial charge in [-0.15, -0.1) is 0 Å². The molecule has 1 rings (SSSR count). The molecule has 5 nitrogen and oxygen atoms in total. The Kier molecular flexibility index (Phi) is 12.0. The molecule has 0 spiro atoms. The lowest BCUT2D eigenvalue weighted by molar-refractivity contribution is -0.134. The number of aliphatic imine (C=N–C) groups is 1. The van der Waals surface area contributed by atoms with Gasteiger partial charge in [0.1, 0.15) is 0 Å². The molecule has 5 N–H and O–H groups in total. The number of nitrogens with zero attached hydrogens (tertiary/aromatic N) is 1. The highest BCUT2D eigenvalue weighted by molar-refractivity contribution is 5.75.